The van der Waals surface area contributed by atoms with Crippen LogP contribution < -0.4 is 10.1 Å². The molecule has 1 N–H and O–H groups in total. The Morgan fingerprint density at radius 1 is 1.07 bits per heavy atom. The van der Waals surface area contributed by atoms with Crippen molar-refractivity contribution in [3.63, 3.8) is 0 Å². The van der Waals surface area contributed by atoms with Crippen molar-refractivity contribution in [3.8, 4) is 5.75 Å². The molecule has 0 saturated carbocycles. The zero-order valence-corrected chi connectivity index (χ0v) is 18.5. The highest BCUT2D eigenvalue weighted by Crippen LogP contribution is 2.27. The first kappa shape index (κ1) is 23.3. The molecule has 1 atom stereocenters. The highest BCUT2D eigenvalue weighted by atomic mass is 35.5. The fourth-order valence-electron chi connectivity index (χ4n) is 2.84. The molecular weight excluding hydrogens is 435 g/mol. The van der Waals surface area contributed by atoms with E-state index in [4.69, 9.17) is 39.5 Å². The molecule has 29 heavy (non-hydrogen) atoms. The standard InChI is InChI=1S/C21H23Cl3N2O3/c1-3-18(21(28)25-4-2)26(12-14-7-5-6-8-16(14)23)20(27)13-29-19-10-9-15(22)11-17(19)24/h5-11,18H,3-4,12-13H2,1-2H3,(H,25,28)/t18-/m0/s1. The summed E-state index contributed by atoms with van der Waals surface area (Å²) in [4.78, 5) is 27.1. The Kier molecular flexibility index (Phi) is 9.08. The predicted octanol–water partition coefficient (Wildman–Crippen LogP) is 4.97. The Hall–Kier alpha value is -1.95. The second kappa shape index (κ2) is 11.3. The van der Waals surface area contributed by atoms with E-state index >= 15 is 0 Å². The van der Waals surface area contributed by atoms with Crippen molar-refractivity contribution in [3.05, 3.63) is 63.1 Å². The largest absolute Gasteiger partial charge is 0.482 e. The molecule has 0 unspecified atom stereocenters. The van der Waals surface area contributed by atoms with Crippen LogP contribution in [0.25, 0.3) is 0 Å². The third-order valence-electron chi connectivity index (χ3n) is 4.28. The first-order valence-electron chi connectivity index (χ1n) is 9.25. The molecule has 2 amide bonds. The fraction of sp³-hybridized carbons (Fsp3) is 0.333. The molecule has 8 heteroatoms. The molecule has 2 aromatic carbocycles. The maximum absolute atomic E-state index is 13.0. The van der Waals surface area contributed by atoms with E-state index in [1.54, 1.807) is 18.2 Å². The first-order valence-corrected chi connectivity index (χ1v) is 10.4. The van der Waals surface area contributed by atoms with Gasteiger partial charge in [0.1, 0.15) is 11.8 Å². The summed E-state index contributed by atoms with van der Waals surface area (Å²) in [6.07, 6.45) is 0.448. The van der Waals surface area contributed by atoms with Crippen LogP contribution in [0.5, 0.6) is 5.75 Å². The van der Waals surface area contributed by atoms with Gasteiger partial charge in [-0.2, -0.15) is 0 Å². The third kappa shape index (κ3) is 6.53. The van der Waals surface area contributed by atoms with Crippen LogP contribution in [0.15, 0.2) is 42.5 Å². The van der Waals surface area contributed by atoms with Crippen LogP contribution in [0.4, 0.5) is 0 Å². The maximum atomic E-state index is 13.0. The summed E-state index contributed by atoms with van der Waals surface area (Å²) in [6, 6.07) is 11.3. The highest BCUT2D eigenvalue weighted by molar-refractivity contribution is 6.35. The van der Waals surface area contributed by atoms with Gasteiger partial charge in [0, 0.05) is 23.1 Å². The molecule has 0 saturated heterocycles. The molecule has 0 radical (unpaired) electrons. The van der Waals surface area contributed by atoms with E-state index in [0.29, 0.717) is 33.8 Å². The maximum Gasteiger partial charge on any atom is 0.261 e. The molecule has 5 nitrogen and oxygen atoms in total. The normalized spacial score (nSPS) is 11.6. The SMILES string of the molecule is CCNC(=O)[C@H](CC)N(Cc1ccccc1Cl)C(=O)COc1ccc(Cl)cc1Cl. The van der Waals surface area contributed by atoms with Crippen LogP contribution in [-0.4, -0.2) is 35.9 Å². The number of carbonyl (C=O) groups is 2. The molecule has 0 spiro atoms. The zero-order chi connectivity index (χ0) is 21.4. The lowest BCUT2D eigenvalue weighted by molar-refractivity contribution is -0.142. The minimum atomic E-state index is -0.650. The van der Waals surface area contributed by atoms with E-state index in [0.717, 1.165) is 5.56 Å². The Morgan fingerprint density at radius 3 is 2.41 bits per heavy atom. The van der Waals surface area contributed by atoms with Gasteiger partial charge in [-0.1, -0.05) is 59.9 Å². The molecule has 156 valence electrons. The van der Waals surface area contributed by atoms with Gasteiger partial charge in [0.15, 0.2) is 6.61 Å². The monoisotopic (exact) mass is 456 g/mol. The number of hydrogen-bond donors (Lipinski definition) is 1. The number of amides is 2. The molecule has 2 rings (SSSR count). The van der Waals surface area contributed by atoms with Gasteiger partial charge in [-0.15, -0.1) is 0 Å². The van der Waals surface area contributed by atoms with Crippen LogP contribution in [0.1, 0.15) is 25.8 Å². The molecule has 0 heterocycles. The Bertz CT molecular complexity index is 861. The number of benzene rings is 2. The molecule has 2 aromatic rings. The van der Waals surface area contributed by atoms with Crippen molar-refractivity contribution in [2.75, 3.05) is 13.2 Å². The smallest absolute Gasteiger partial charge is 0.261 e. The predicted molar refractivity (Wildman–Crippen MR) is 117 cm³/mol. The van der Waals surface area contributed by atoms with Gasteiger partial charge in [0.2, 0.25) is 5.91 Å². The quantitative estimate of drug-likeness (QED) is 0.578. The van der Waals surface area contributed by atoms with Gasteiger partial charge in [-0.3, -0.25) is 9.59 Å². The second-order valence-electron chi connectivity index (χ2n) is 6.30. The first-order chi connectivity index (χ1) is 13.9. The van der Waals surface area contributed by atoms with Crippen LogP contribution in [-0.2, 0) is 16.1 Å². The molecule has 0 aliphatic carbocycles. The van der Waals surface area contributed by atoms with Gasteiger partial charge in [0.25, 0.3) is 5.91 Å². The van der Waals surface area contributed by atoms with E-state index < -0.39 is 6.04 Å². The van der Waals surface area contributed by atoms with Gasteiger partial charge in [-0.25, -0.2) is 0 Å². The molecule has 0 aliphatic rings. The summed E-state index contributed by atoms with van der Waals surface area (Å²) in [7, 11) is 0. The summed E-state index contributed by atoms with van der Waals surface area (Å²) in [5.41, 5.74) is 0.745. The van der Waals surface area contributed by atoms with Crippen LogP contribution in [0, 0.1) is 0 Å². The minimum Gasteiger partial charge on any atom is -0.482 e. The highest BCUT2D eigenvalue weighted by Gasteiger charge is 2.29. The third-order valence-corrected chi connectivity index (χ3v) is 5.18. The Morgan fingerprint density at radius 2 is 1.79 bits per heavy atom. The molecule has 0 bridgehead atoms. The van der Waals surface area contributed by atoms with Gasteiger partial charge in [0.05, 0.1) is 5.02 Å². The lowest BCUT2D eigenvalue weighted by atomic mass is 10.1. The topological polar surface area (TPSA) is 58.6 Å². The minimum absolute atomic E-state index is 0.186. The summed E-state index contributed by atoms with van der Waals surface area (Å²) < 4.78 is 5.59. The molecule has 0 fully saturated rings. The lowest BCUT2D eigenvalue weighted by Crippen LogP contribution is -2.50. The van der Waals surface area contributed by atoms with Crippen molar-refractivity contribution < 1.29 is 14.3 Å². The van der Waals surface area contributed by atoms with Crippen LogP contribution in [0.3, 0.4) is 0 Å². The Labute approximate surface area is 185 Å². The number of nitrogens with zero attached hydrogens (tertiary/aromatic N) is 1. The average molecular weight is 458 g/mol. The summed E-state index contributed by atoms with van der Waals surface area (Å²) in [5, 5.41) is 4.08. The van der Waals surface area contributed by atoms with Crippen molar-refractivity contribution in [1.29, 1.82) is 0 Å². The van der Waals surface area contributed by atoms with E-state index in [1.807, 2.05) is 32.0 Å². The average Bonchev–Trinajstić information content (AvgIpc) is 2.68. The fourth-order valence-corrected chi connectivity index (χ4v) is 3.49. The van der Waals surface area contributed by atoms with Gasteiger partial charge in [-0.05, 0) is 43.2 Å². The molecular formula is C21H23Cl3N2O3. The Balaban J connectivity index is 2.23. The van der Waals surface area contributed by atoms with Crippen molar-refractivity contribution in [2.45, 2.75) is 32.9 Å². The number of hydrogen-bond acceptors (Lipinski definition) is 3. The zero-order valence-electron chi connectivity index (χ0n) is 16.3. The van der Waals surface area contributed by atoms with E-state index in [-0.39, 0.29) is 25.0 Å². The number of nitrogens with one attached hydrogen (secondary N) is 1. The lowest BCUT2D eigenvalue weighted by Gasteiger charge is -2.30. The number of halogens is 3. The van der Waals surface area contributed by atoms with Gasteiger partial charge >= 0.3 is 0 Å². The number of carbonyl (C=O) groups excluding carboxylic acids is 2. The molecule has 0 aliphatic heterocycles. The number of ether oxygens (including phenoxy) is 1. The second-order valence-corrected chi connectivity index (χ2v) is 7.55. The summed E-state index contributed by atoms with van der Waals surface area (Å²) >= 11 is 18.3. The molecule has 0 aromatic heterocycles. The van der Waals surface area contributed by atoms with Crippen LogP contribution in [0.2, 0.25) is 15.1 Å². The summed E-state index contributed by atoms with van der Waals surface area (Å²) in [6.45, 7) is 4.06. The van der Waals surface area contributed by atoms with Crippen molar-refractivity contribution in [2.24, 2.45) is 0 Å². The van der Waals surface area contributed by atoms with E-state index in [9.17, 15) is 9.59 Å². The van der Waals surface area contributed by atoms with Gasteiger partial charge < -0.3 is 15.0 Å². The number of rotatable bonds is 9. The summed E-state index contributed by atoms with van der Waals surface area (Å²) in [5.74, 6) is -0.234. The number of likely N-dealkylation sites (N-methyl/N-ethyl adjacent to an activating group) is 1. The van der Waals surface area contributed by atoms with E-state index in [1.165, 1.54) is 11.0 Å². The van der Waals surface area contributed by atoms with Crippen molar-refractivity contribution >= 4 is 46.6 Å². The van der Waals surface area contributed by atoms with E-state index in [2.05, 4.69) is 5.32 Å². The van der Waals surface area contributed by atoms with Crippen molar-refractivity contribution in [1.82, 2.24) is 10.2 Å². The van der Waals surface area contributed by atoms with Crippen LogP contribution >= 0.6 is 34.8 Å².